The Kier molecular flexibility index (Phi) is 5.39. The molecule has 0 aliphatic carbocycles. The van der Waals surface area contributed by atoms with E-state index in [2.05, 4.69) is 15.0 Å². The summed E-state index contributed by atoms with van der Waals surface area (Å²) in [4.78, 5) is 18.1. The van der Waals surface area contributed by atoms with Gasteiger partial charge in [-0.15, -0.1) is 0 Å². The van der Waals surface area contributed by atoms with Crippen molar-refractivity contribution in [3.05, 3.63) is 30.6 Å². The molecule has 1 fully saturated rings. The summed E-state index contributed by atoms with van der Waals surface area (Å²) in [6, 6.07) is 0.143. The van der Waals surface area contributed by atoms with Crippen LogP contribution < -0.4 is 10.3 Å². The van der Waals surface area contributed by atoms with Crippen LogP contribution in [-0.4, -0.2) is 40.0 Å². The van der Waals surface area contributed by atoms with Crippen molar-refractivity contribution >= 4 is 22.6 Å². The zero-order valence-electron chi connectivity index (χ0n) is 11.2. The summed E-state index contributed by atoms with van der Waals surface area (Å²) < 4.78 is 13.0. The van der Waals surface area contributed by atoms with Crippen molar-refractivity contribution < 1.29 is 14.6 Å². The highest BCUT2D eigenvalue weighted by molar-refractivity contribution is 14.1. The second kappa shape index (κ2) is 7.07. The minimum atomic E-state index is -0.757. The highest BCUT2D eigenvalue weighted by Gasteiger charge is 2.35. The fourth-order valence-electron chi connectivity index (χ4n) is 2.04. The quantitative estimate of drug-likeness (QED) is 0.340. The normalized spacial score (nSPS) is 24.6. The maximum Gasteiger partial charge on any atom is 0.301 e. The van der Waals surface area contributed by atoms with Crippen LogP contribution in [0.4, 0.5) is 0 Å². The van der Waals surface area contributed by atoms with Crippen molar-refractivity contribution in [2.45, 2.75) is 31.8 Å². The molecule has 1 saturated heterocycles. The summed E-state index contributed by atoms with van der Waals surface area (Å²) in [6.45, 7) is 2.18. The molecule has 2 heterocycles. The Balaban J connectivity index is 2.27. The van der Waals surface area contributed by atoms with Gasteiger partial charge in [-0.05, 0) is 35.0 Å². The molecule has 3 atom stereocenters. The Morgan fingerprint density at radius 1 is 1.76 bits per heavy atom. The van der Waals surface area contributed by atoms with Crippen molar-refractivity contribution in [1.29, 1.82) is 0 Å². The Hall–Kier alpha value is -1.36. The number of hydrogen-bond donors (Lipinski definition) is 1. The lowest BCUT2D eigenvalue weighted by molar-refractivity contribution is -0.0174. The molecule has 114 valence electrons. The van der Waals surface area contributed by atoms with Gasteiger partial charge < -0.3 is 14.6 Å². The molecule has 9 nitrogen and oxygen atoms in total. The van der Waals surface area contributed by atoms with E-state index in [0.717, 1.165) is 0 Å². The van der Waals surface area contributed by atoms with Gasteiger partial charge in [-0.1, -0.05) is 5.11 Å². The van der Waals surface area contributed by atoms with Crippen LogP contribution in [0.25, 0.3) is 10.4 Å². The van der Waals surface area contributed by atoms with Gasteiger partial charge in [0.05, 0.1) is 28.9 Å². The van der Waals surface area contributed by atoms with Gasteiger partial charge in [-0.25, -0.2) is 0 Å². The van der Waals surface area contributed by atoms with E-state index in [1.165, 1.54) is 0 Å². The van der Waals surface area contributed by atoms with Crippen molar-refractivity contribution in [2.75, 3.05) is 13.2 Å². The van der Waals surface area contributed by atoms with E-state index in [9.17, 15) is 9.90 Å². The summed E-state index contributed by atoms with van der Waals surface area (Å²) in [5, 5.41) is 13.4. The number of azide groups is 1. The predicted octanol–water partition coefficient (Wildman–Crippen LogP) is 1.21. The largest absolute Gasteiger partial charge is 0.465 e. The molecular weight excluding hydrogens is 393 g/mol. The third-order valence-electron chi connectivity index (χ3n) is 2.99. The van der Waals surface area contributed by atoms with Gasteiger partial charge in [-0.2, -0.15) is 4.98 Å². The van der Waals surface area contributed by atoms with Crippen LogP contribution >= 0.6 is 22.6 Å². The summed E-state index contributed by atoms with van der Waals surface area (Å²) in [6.07, 6.45) is 0.00663. The van der Waals surface area contributed by atoms with Crippen LogP contribution in [0.5, 0.6) is 6.01 Å². The van der Waals surface area contributed by atoms with Gasteiger partial charge in [0.25, 0.3) is 5.56 Å². The van der Waals surface area contributed by atoms with E-state index in [1.807, 2.05) is 22.6 Å². The van der Waals surface area contributed by atoms with E-state index in [1.54, 1.807) is 17.7 Å². The molecule has 1 aliphatic heterocycles. The summed E-state index contributed by atoms with van der Waals surface area (Å²) in [5.41, 5.74) is 7.95. The zero-order chi connectivity index (χ0) is 15.4. The second-order valence-corrected chi connectivity index (χ2v) is 5.52. The van der Waals surface area contributed by atoms with Crippen LogP contribution in [0, 0.1) is 3.57 Å². The fourth-order valence-corrected chi connectivity index (χ4v) is 2.46. The molecule has 0 spiro atoms. The van der Waals surface area contributed by atoms with E-state index < -0.39 is 18.4 Å². The first-order chi connectivity index (χ1) is 10.1. The molecule has 1 aromatic heterocycles. The smallest absolute Gasteiger partial charge is 0.301 e. The zero-order valence-corrected chi connectivity index (χ0v) is 13.4. The SMILES string of the molecule is CCOc1nc(=O)c(I)cn1[C@H]1C[C@H](O)[C@@H](CN=[N+]=[N-])O1. The number of aromatic nitrogens is 2. The summed E-state index contributed by atoms with van der Waals surface area (Å²) in [5.74, 6) is 0. The molecule has 0 aromatic carbocycles. The molecule has 0 saturated carbocycles. The van der Waals surface area contributed by atoms with Gasteiger partial charge in [0.2, 0.25) is 0 Å². The minimum Gasteiger partial charge on any atom is -0.465 e. The van der Waals surface area contributed by atoms with Crippen molar-refractivity contribution in [1.82, 2.24) is 9.55 Å². The first-order valence-electron chi connectivity index (χ1n) is 6.32. The summed E-state index contributed by atoms with van der Waals surface area (Å²) >= 11 is 1.88. The number of aliphatic hydroxyl groups is 1. The molecule has 0 unspecified atom stereocenters. The standard InChI is InChI=1S/C11H14IN5O4/c1-2-20-11-15-10(19)6(12)5-17(11)9-3-7(18)8(21-9)4-14-16-13/h5,7-9,18H,2-4H2,1H3/t7-,8+,9+/m0/s1. The molecule has 1 aromatic rings. The molecule has 1 N–H and O–H groups in total. The maximum atomic E-state index is 11.6. The van der Waals surface area contributed by atoms with Gasteiger partial charge in [0.1, 0.15) is 6.23 Å². The predicted molar refractivity (Wildman–Crippen MR) is 80.9 cm³/mol. The van der Waals surface area contributed by atoms with Crippen LogP contribution in [0.1, 0.15) is 19.6 Å². The fraction of sp³-hybridized carbons (Fsp3) is 0.636. The molecule has 1 aliphatic rings. The monoisotopic (exact) mass is 407 g/mol. The molecule has 0 amide bonds. The number of aliphatic hydroxyl groups excluding tert-OH is 1. The number of nitrogens with zero attached hydrogens (tertiary/aromatic N) is 5. The maximum absolute atomic E-state index is 11.6. The van der Waals surface area contributed by atoms with Gasteiger partial charge in [-0.3, -0.25) is 9.36 Å². The molecule has 0 bridgehead atoms. The Labute approximate surface area is 133 Å². The van der Waals surface area contributed by atoms with Crippen molar-refractivity contribution in [2.24, 2.45) is 5.11 Å². The van der Waals surface area contributed by atoms with Crippen molar-refractivity contribution in [3.63, 3.8) is 0 Å². The Morgan fingerprint density at radius 2 is 2.52 bits per heavy atom. The minimum absolute atomic E-state index is 0.0445. The van der Waals surface area contributed by atoms with E-state index in [4.69, 9.17) is 15.0 Å². The van der Waals surface area contributed by atoms with E-state index >= 15 is 0 Å². The number of ether oxygens (including phenoxy) is 2. The average Bonchev–Trinajstić information content (AvgIpc) is 2.81. The topological polar surface area (TPSA) is 122 Å². The molecule has 0 radical (unpaired) electrons. The van der Waals surface area contributed by atoms with Crippen LogP contribution in [0.2, 0.25) is 0 Å². The number of halogens is 1. The first-order valence-corrected chi connectivity index (χ1v) is 7.40. The van der Waals surface area contributed by atoms with Crippen LogP contribution in [-0.2, 0) is 4.74 Å². The molecule has 2 rings (SSSR count). The first kappa shape index (κ1) is 16.0. The van der Waals surface area contributed by atoms with Crippen molar-refractivity contribution in [3.8, 4) is 6.01 Å². The molecular formula is C11H14IN5O4. The summed E-state index contributed by atoms with van der Waals surface area (Å²) in [7, 11) is 0. The van der Waals surface area contributed by atoms with E-state index in [0.29, 0.717) is 16.6 Å². The average molecular weight is 407 g/mol. The lowest BCUT2D eigenvalue weighted by atomic mass is 10.2. The Morgan fingerprint density at radius 3 is 3.19 bits per heavy atom. The third kappa shape index (κ3) is 3.64. The highest BCUT2D eigenvalue weighted by Crippen LogP contribution is 2.31. The lowest BCUT2D eigenvalue weighted by Gasteiger charge is -2.18. The van der Waals surface area contributed by atoms with Gasteiger partial charge in [0.15, 0.2) is 0 Å². The lowest BCUT2D eigenvalue weighted by Crippen LogP contribution is -2.24. The van der Waals surface area contributed by atoms with Gasteiger partial charge >= 0.3 is 6.01 Å². The third-order valence-corrected chi connectivity index (χ3v) is 3.73. The molecule has 10 heteroatoms. The van der Waals surface area contributed by atoms with Crippen LogP contribution in [0.15, 0.2) is 16.1 Å². The van der Waals surface area contributed by atoms with Gasteiger partial charge in [0, 0.05) is 17.5 Å². The Bertz CT molecular complexity index is 615. The van der Waals surface area contributed by atoms with E-state index in [-0.39, 0.29) is 18.1 Å². The molecule has 21 heavy (non-hydrogen) atoms. The highest BCUT2D eigenvalue weighted by atomic mass is 127. The number of rotatable bonds is 5. The second-order valence-electron chi connectivity index (χ2n) is 4.36. The van der Waals surface area contributed by atoms with Crippen LogP contribution in [0.3, 0.4) is 0 Å². The number of hydrogen-bond acceptors (Lipinski definition) is 6.